The lowest BCUT2D eigenvalue weighted by molar-refractivity contribution is 0.0867. The highest BCUT2D eigenvalue weighted by molar-refractivity contribution is 5.67. The van der Waals surface area contributed by atoms with Gasteiger partial charge in [-0.05, 0) is 44.2 Å². The number of rotatable bonds is 6. The lowest BCUT2D eigenvalue weighted by Crippen LogP contribution is -2.45. The molecule has 1 N–H and O–H groups in total. The van der Waals surface area contributed by atoms with E-state index < -0.39 is 0 Å². The zero-order valence-corrected chi connectivity index (χ0v) is 16.9. The summed E-state index contributed by atoms with van der Waals surface area (Å²) in [5.41, 5.74) is 6.37. The summed E-state index contributed by atoms with van der Waals surface area (Å²) >= 11 is 0. The molecule has 5 nitrogen and oxygen atoms in total. The summed E-state index contributed by atoms with van der Waals surface area (Å²) in [4.78, 5) is 5.30. The Morgan fingerprint density at radius 1 is 1.19 bits per heavy atom. The van der Waals surface area contributed by atoms with Crippen molar-refractivity contribution in [1.82, 2.24) is 20.0 Å². The maximum Gasteiger partial charge on any atom is 0.0698 e. The minimum Gasteiger partial charge on any atom is -0.383 e. The predicted molar refractivity (Wildman–Crippen MR) is 109 cm³/mol. The third kappa shape index (κ3) is 4.10. The van der Waals surface area contributed by atoms with Gasteiger partial charge in [0.25, 0.3) is 0 Å². The molecule has 0 radical (unpaired) electrons. The fraction of sp³-hybridized carbons (Fsp3) is 0.591. The Balaban J connectivity index is 1.51. The van der Waals surface area contributed by atoms with E-state index >= 15 is 0 Å². The number of fused-ring (bicyclic) bond motifs is 4. The van der Waals surface area contributed by atoms with Crippen LogP contribution in [0, 0.1) is 19.8 Å². The molecule has 2 bridgehead atoms. The highest BCUT2D eigenvalue weighted by Crippen LogP contribution is 2.31. The fourth-order valence-electron chi connectivity index (χ4n) is 4.80. The first-order valence-corrected chi connectivity index (χ1v) is 10.2. The summed E-state index contributed by atoms with van der Waals surface area (Å²) in [5.74, 6) is 0.775. The highest BCUT2D eigenvalue weighted by Gasteiger charge is 2.34. The van der Waals surface area contributed by atoms with Crippen LogP contribution in [0.25, 0.3) is 11.3 Å². The van der Waals surface area contributed by atoms with Crippen LogP contribution >= 0.6 is 0 Å². The van der Waals surface area contributed by atoms with Crippen LogP contribution in [0.5, 0.6) is 0 Å². The summed E-state index contributed by atoms with van der Waals surface area (Å²) < 4.78 is 5.32. The van der Waals surface area contributed by atoms with Gasteiger partial charge in [0.15, 0.2) is 0 Å². The standard InChI is InChI=1S/C22H32N4O/c1-16-4-5-17(2)21(10-16)22-19(11-23-24-22)14-25-12-18-6-7-20(15-25)26(13-18)8-9-27-3/h4-5,10-11,18,20H,6-9,12-15H2,1-3H3,(H,23,24)/t18-,20+/m0/s1. The molecule has 2 atom stereocenters. The molecule has 0 aliphatic carbocycles. The number of hydrogen-bond donors (Lipinski definition) is 1. The van der Waals surface area contributed by atoms with Crippen molar-refractivity contribution >= 4 is 0 Å². The van der Waals surface area contributed by atoms with Gasteiger partial charge in [0.2, 0.25) is 0 Å². The summed E-state index contributed by atoms with van der Waals surface area (Å²) in [6.07, 6.45) is 4.70. The van der Waals surface area contributed by atoms with Crippen LogP contribution < -0.4 is 0 Å². The van der Waals surface area contributed by atoms with Crippen LogP contribution in [0.15, 0.2) is 24.4 Å². The smallest absolute Gasteiger partial charge is 0.0698 e. The fourth-order valence-corrected chi connectivity index (χ4v) is 4.80. The van der Waals surface area contributed by atoms with E-state index in [9.17, 15) is 0 Å². The van der Waals surface area contributed by atoms with Crippen LogP contribution in [-0.4, -0.2) is 65.9 Å². The molecule has 1 aromatic heterocycles. The molecule has 3 aliphatic heterocycles. The molecule has 27 heavy (non-hydrogen) atoms. The van der Waals surface area contributed by atoms with Crippen LogP contribution in [-0.2, 0) is 11.3 Å². The van der Waals surface area contributed by atoms with Crippen molar-refractivity contribution < 1.29 is 4.74 Å². The molecule has 5 rings (SSSR count). The number of methoxy groups -OCH3 is 1. The van der Waals surface area contributed by atoms with Crippen LogP contribution in [0.4, 0.5) is 0 Å². The van der Waals surface area contributed by atoms with E-state index in [1.807, 2.05) is 6.20 Å². The lowest BCUT2D eigenvalue weighted by atomic mass is 9.95. The minimum absolute atomic E-state index is 0.662. The van der Waals surface area contributed by atoms with Gasteiger partial charge in [-0.1, -0.05) is 17.7 Å². The van der Waals surface area contributed by atoms with E-state index in [0.29, 0.717) is 6.04 Å². The minimum atomic E-state index is 0.662. The van der Waals surface area contributed by atoms with Gasteiger partial charge in [-0.3, -0.25) is 14.9 Å². The number of ether oxygens (including phenoxy) is 1. The average Bonchev–Trinajstić information content (AvgIpc) is 2.93. The van der Waals surface area contributed by atoms with E-state index in [1.165, 1.54) is 53.9 Å². The Bertz CT molecular complexity index is 771. The summed E-state index contributed by atoms with van der Waals surface area (Å²) in [5, 5.41) is 7.66. The molecule has 3 aliphatic rings. The summed E-state index contributed by atoms with van der Waals surface area (Å²) in [7, 11) is 1.80. The van der Waals surface area contributed by atoms with Gasteiger partial charge in [-0.25, -0.2) is 0 Å². The van der Waals surface area contributed by atoms with Gasteiger partial charge in [-0.2, -0.15) is 5.10 Å². The van der Waals surface area contributed by atoms with Crippen LogP contribution in [0.1, 0.15) is 29.5 Å². The summed E-state index contributed by atoms with van der Waals surface area (Å²) in [6.45, 7) is 10.8. The molecule has 0 saturated carbocycles. The van der Waals surface area contributed by atoms with Crippen molar-refractivity contribution in [2.24, 2.45) is 5.92 Å². The number of nitrogens with one attached hydrogen (secondary N) is 1. The van der Waals surface area contributed by atoms with Crippen LogP contribution in [0.2, 0.25) is 0 Å². The Kier molecular flexibility index (Phi) is 5.62. The quantitative estimate of drug-likeness (QED) is 0.850. The van der Waals surface area contributed by atoms with E-state index in [-0.39, 0.29) is 0 Å². The normalized spacial score (nSPS) is 23.7. The number of hydrogen-bond acceptors (Lipinski definition) is 4. The molecular formula is C22H32N4O. The number of nitrogens with zero attached hydrogens (tertiary/aromatic N) is 3. The van der Waals surface area contributed by atoms with E-state index in [0.717, 1.165) is 32.2 Å². The molecule has 146 valence electrons. The van der Waals surface area contributed by atoms with Crippen molar-refractivity contribution in [2.45, 2.75) is 39.3 Å². The largest absolute Gasteiger partial charge is 0.383 e. The molecule has 0 unspecified atom stereocenters. The van der Waals surface area contributed by atoms with E-state index in [4.69, 9.17) is 4.74 Å². The molecule has 2 aromatic rings. The second-order valence-corrected chi connectivity index (χ2v) is 8.37. The maximum absolute atomic E-state index is 5.32. The number of H-pyrrole nitrogens is 1. The Morgan fingerprint density at radius 2 is 2.07 bits per heavy atom. The van der Waals surface area contributed by atoms with Gasteiger partial charge in [0.1, 0.15) is 0 Å². The average molecular weight is 369 g/mol. The SMILES string of the molecule is COCCN1C[C@H]2CC[C@@H]1CN(Cc1cn[nH]c1-c1cc(C)ccc1C)C2. The molecule has 0 spiro atoms. The Morgan fingerprint density at radius 3 is 2.93 bits per heavy atom. The van der Waals surface area contributed by atoms with Crippen molar-refractivity contribution in [1.29, 1.82) is 0 Å². The molecule has 3 saturated heterocycles. The lowest BCUT2D eigenvalue weighted by Gasteiger charge is -2.35. The second kappa shape index (κ2) is 8.13. The molecule has 3 fully saturated rings. The highest BCUT2D eigenvalue weighted by atomic mass is 16.5. The van der Waals surface area contributed by atoms with Gasteiger partial charge >= 0.3 is 0 Å². The van der Waals surface area contributed by atoms with E-state index in [2.05, 4.69) is 52.0 Å². The molecule has 0 amide bonds. The number of benzene rings is 1. The molecule has 4 heterocycles. The van der Waals surface area contributed by atoms with Gasteiger partial charge in [-0.15, -0.1) is 0 Å². The monoisotopic (exact) mass is 368 g/mol. The Labute approximate surface area is 162 Å². The first kappa shape index (κ1) is 18.7. The molecule has 1 aromatic carbocycles. The number of aromatic amines is 1. The Hall–Kier alpha value is -1.69. The van der Waals surface area contributed by atoms with Crippen molar-refractivity contribution in [3.8, 4) is 11.3 Å². The maximum atomic E-state index is 5.32. The predicted octanol–water partition coefficient (Wildman–Crippen LogP) is 3.24. The number of piperidine rings is 1. The van der Waals surface area contributed by atoms with Gasteiger partial charge < -0.3 is 4.74 Å². The summed E-state index contributed by atoms with van der Waals surface area (Å²) in [6, 6.07) is 7.31. The third-order valence-corrected chi connectivity index (χ3v) is 6.26. The van der Waals surface area contributed by atoms with Gasteiger partial charge in [0, 0.05) is 57.0 Å². The molecule has 5 heteroatoms. The molecular weight excluding hydrogens is 336 g/mol. The second-order valence-electron chi connectivity index (χ2n) is 8.37. The van der Waals surface area contributed by atoms with Crippen molar-refractivity contribution in [3.05, 3.63) is 41.1 Å². The third-order valence-electron chi connectivity index (χ3n) is 6.26. The first-order chi connectivity index (χ1) is 13.1. The van der Waals surface area contributed by atoms with Crippen molar-refractivity contribution in [3.63, 3.8) is 0 Å². The number of aryl methyl sites for hydroxylation is 2. The first-order valence-electron chi connectivity index (χ1n) is 10.2. The van der Waals surface area contributed by atoms with E-state index in [1.54, 1.807) is 7.11 Å². The van der Waals surface area contributed by atoms with Crippen LogP contribution in [0.3, 0.4) is 0 Å². The van der Waals surface area contributed by atoms with Crippen molar-refractivity contribution in [2.75, 3.05) is 39.9 Å². The number of aromatic nitrogens is 2. The zero-order chi connectivity index (χ0) is 18.8. The zero-order valence-electron chi connectivity index (χ0n) is 16.9. The topological polar surface area (TPSA) is 44.4 Å². The van der Waals surface area contributed by atoms with Gasteiger partial charge in [0.05, 0.1) is 18.5 Å².